The summed E-state index contributed by atoms with van der Waals surface area (Å²) >= 11 is 0. The van der Waals surface area contributed by atoms with Gasteiger partial charge in [0.15, 0.2) is 0 Å². The zero-order valence-electron chi connectivity index (χ0n) is 20.0. The first kappa shape index (κ1) is 23.4. The lowest BCUT2D eigenvalue weighted by molar-refractivity contribution is -0.146. The predicted molar refractivity (Wildman–Crippen MR) is 131 cm³/mol. The number of rotatable bonds is 7. The lowest BCUT2D eigenvalue weighted by Crippen LogP contribution is -2.53. The van der Waals surface area contributed by atoms with Gasteiger partial charge in [-0.05, 0) is 46.9 Å². The maximum Gasteiger partial charge on any atom is 0.407 e. The van der Waals surface area contributed by atoms with E-state index in [2.05, 4.69) is 29.6 Å². The van der Waals surface area contributed by atoms with Crippen LogP contribution in [-0.4, -0.2) is 54.2 Å². The molecule has 1 saturated carbocycles. The Morgan fingerprint density at radius 1 is 1.03 bits per heavy atom. The molecule has 1 aliphatic heterocycles. The monoisotopic (exact) mass is 476 g/mol. The predicted octanol–water partition coefficient (Wildman–Crippen LogP) is 4.26. The van der Waals surface area contributed by atoms with Crippen LogP contribution in [0.1, 0.15) is 49.7 Å². The topological polar surface area (TPSA) is 95.9 Å². The molecule has 7 nitrogen and oxygen atoms in total. The Balaban J connectivity index is 1.18. The van der Waals surface area contributed by atoms with Crippen molar-refractivity contribution in [2.75, 3.05) is 26.2 Å². The van der Waals surface area contributed by atoms with Crippen molar-refractivity contribution in [2.45, 2.75) is 38.5 Å². The van der Waals surface area contributed by atoms with Crippen molar-refractivity contribution in [2.24, 2.45) is 17.3 Å². The largest absolute Gasteiger partial charge is 0.481 e. The van der Waals surface area contributed by atoms with Crippen molar-refractivity contribution in [1.29, 1.82) is 0 Å². The van der Waals surface area contributed by atoms with E-state index < -0.39 is 17.5 Å². The minimum absolute atomic E-state index is 0.00954. The molecule has 1 heterocycles. The molecular formula is C28H32N2O5. The molecule has 2 N–H and O–H groups in total. The van der Waals surface area contributed by atoms with Gasteiger partial charge >= 0.3 is 12.1 Å². The molecule has 2 aromatic carbocycles. The van der Waals surface area contributed by atoms with Gasteiger partial charge in [0.25, 0.3) is 0 Å². The minimum atomic E-state index is -0.827. The molecule has 0 radical (unpaired) electrons. The summed E-state index contributed by atoms with van der Waals surface area (Å²) in [5.74, 6) is -0.676. The summed E-state index contributed by atoms with van der Waals surface area (Å²) in [7, 11) is 0. The molecule has 35 heavy (non-hydrogen) atoms. The summed E-state index contributed by atoms with van der Waals surface area (Å²) in [4.78, 5) is 39.0. The molecule has 2 amide bonds. The van der Waals surface area contributed by atoms with E-state index in [1.165, 1.54) is 11.1 Å². The number of likely N-dealkylation sites (tertiary alicyclic amines) is 1. The molecule has 3 aliphatic rings. The summed E-state index contributed by atoms with van der Waals surface area (Å²) in [5, 5.41) is 12.0. The van der Waals surface area contributed by atoms with E-state index in [-0.39, 0.29) is 43.2 Å². The van der Waals surface area contributed by atoms with Crippen molar-refractivity contribution < 1.29 is 24.2 Å². The molecule has 0 bridgehead atoms. The lowest BCUT2D eigenvalue weighted by atomic mass is 9.67. The van der Waals surface area contributed by atoms with Crippen molar-refractivity contribution in [1.82, 2.24) is 10.2 Å². The fourth-order valence-corrected chi connectivity index (χ4v) is 5.99. The fraction of sp³-hybridized carbons (Fsp3) is 0.464. The molecular weight excluding hydrogens is 444 g/mol. The molecule has 0 aromatic heterocycles. The number of carbonyl (C=O) groups excluding carboxylic acids is 2. The highest BCUT2D eigenvalue weighted by Gasteiger charge is 2.48. The maximum absolute atomic E-state index is 13.4. The van der Waals surface area contributed by atoms with Gasteiger partial charge in [0.2, 0.25) is 5.91 Å². The molecule has 0 unspecified atom stereocenters. The highest BCUT2D eigenvalue weighted by Crippen LogP contribution is 2.45. The Kier molecular flexibility index (Phi) is 6.26. The molecule has 7 heteroatoms. The van der Waals surface area contributed by atoms with Gasteiger partial charge in [-0.1, -0.05) is 61.9 Å². The third-order valence-electron chi connectivity index (χ3n) is 8.17. The molecule has 2 atom stereocenters. The van der Waals surface area contributed by atoms with Crippen LogP contribution in [0.15, 0.2) is 48.5 Å². The van der Waals surface area contributed by atoms with Crippen LogP contribution in [0.3, 0.4) is 0 Å². The first-order valence-electron chi connectivity index (χ1n) is 12.5. The number of ether oxygens (including phenoxy) is 1. The zero-order chi connectivity index (χ0) is 24.6. The standard InChI is InChI=1S/C28H32N2O5/c1-18-14-30(15-19(18)13-25(31)32)26(33)28(11-6-12-28)17-29-27(34)35-16-24-22-9-4-2-7-20(22)21-8-3-5-10-23(21)24/h2-5,7-10,18-19,24H,6,11-17H2,1H3,(H,29,34)(H,31,32)/t18-,19-/m1/s1. The Bertz CT molecular complexity index is 1100. The lowest BCUT2D eigenvalue weighted by Gasteiger charge is -2.42. The second-order valence-electron chi connectivity index (χ2n) is 10.4. The maximum atomic E-state index is 13.4. The van der Waals surface area contributed by atoms with E-state index in [1.807, 2.05) is 31.2 Å². The Labute approximate surface area is 205 Å². The zero-order valence-corrected chi connectivity index (χ0v) is 20.0. The van der Waals surface area contributed by atoms with Crippen molar-refractivity contribution >= 4 is 18.0 Å². The van der Waals surface area contributed by atoms with E-state index in [9.17, 15) is 14.4 Å². The van der Waals surface area contributed by atoms with Crippen molar-refractivity contribution in [3.05, 3.63) is 59.7 Å². The number of alkyl carbamates (subject to hydrolysis) is 1. The van der Waals surface area contributed by atoms with E-state index >= 15 is 0 Å². The van der Waals surface area contributed by atoms with E-state index in [0.717, 1.165) is 30.4 Å². The number of nitrogens with one attached hydrogen (secondary N) is 1. The average Bonchev–Trinajstić information content (AvgIpc) is 3.34. The molecule has 2 fully saturated rings. The van der Waals surface area contributed by atoms with Crippen LogP contribution >= 0.6 is 0 Å². The number of nitrogens with zero attached hydrogens (tertiary/aromatic N) is 1. The van der Waals surface area contributed by atoms with Crippen LogP contribution in [0, 0.1) is 17.3 Å². The van der Waals surface area contributed by atoms with E-state index in [0.29, 0.717) is 13.1 Å². The number of carboxylic acid groups (broad SMARTS) is 1. The molecule has 0 spiro atoms. The van der Waals surface area contributed by atoms with E-state index in [4.69, 9.17) is 9.84 Å². The summed E-state index contributed by atoms with van der Waals surface area (Å²) in [5.41, 5.74) is 4.07. The Morgan fingerprint density at radius 2 is 1.66 bits per heavy atom. The van der Waals surface area contributed by atoms with Crippen molar-refractivity contribution in [3.63, 3.8) is 0 Å². The molecule has 1 saturated heterocycles. The van der Waals surface area contributed by atoms with Gasteiger partial charge in [-0.25, -0.2) is 4.79 Å². The van der Waals surface area contributed by atoms with Gasteiger partial charge < -0.3 is 20.1 Å². The van der Waals surface area contributed by atoms with Crippen LogP contribution in [0.25, 0.3) is 11.1 Å². The number of amides is 2. The number of hydrogen-bond donors (Lipinski definition) is 2. The van der Waals surface area contributed by atoms with Gasteiger partial charge in [-0.3, -0.25) is 9.59 Å². The second kappa shape index (κ2) is 9.36. The Hall–Kier alpha value is -3.35. The minimum Gasteiger partial charge on any atom is -0.481 e. The number of aliphatic carboxylic acids is 1. The fourth-order valence-electron chi connectivity index (χ4n) is 5.99. The number of benzene rings is 2. The summed E-state index contributed by atoms with van der Waals surface area (Å²) < 4.78 is 5.65. The molecule has 2 aromatic rings. The summed E-state index contributed by atoms with van der Waals surface area (Å²) in [6.07, 6.45) is 1.97. The van der Waals surface area contributed by atoms with Gasteiger partial charge in [0.05, 0.1) is 11.8 Å². The van der Waals surface area contributed by atoms with Gasteiger partial charge in [-0.2, -0.15) is 0 Å². The van der Waals surface area contributed by atoms with Crippen LogP contribution in [0.5, 0.6) is 0 Å². The van der Waals surface area contributed by atoms with Gasteiger partial charge in [-0.15, -0.1) is 0 Å². The van der Waals surface area contributed by atoms with Crippen LogP contribution < -0.4 is 5.32 Å². The number of fused-ring (bicyclic) bond motifs is 3. The Morgan fingerprint density at radius 3 is 2.23 bits per heavy atom. The first-order chi connectivity index (χ1) is 16.9. The highest BCUT2D eigenvalue weighted by molar-refractivity contribution is 5.85. The third-order valence-corrected chi connectivity index (χ3v) is 8.17. The molecule has 2 aliphatic carbocycles. The van der Waals surface area contributed by atoms with E-state index in [1.54, 1.807) is 4.90 Å². The molecule has 184 valence electrons. The van der Waals surface area contributed by atoms with Crippen LogP contribution in [0.2, 0.25) is 0 Å². The number of carboxylic acids is 1. The highest BCUT2D eigenvalue weighted by atomic mass is 16.5. The number of hydrogen-bond acceptors (Lipinski definition) is 4. The summed E-state index contributed by atoms with van der Waals surface area (Å²) in [6.45, 7) is 3.53. The third kappa shape index (κ3) is 4.40. The second-order valence-corrected chi connectivity index (χ2v) is 10.4. The first-order valence-corrected chi connectivity index (χ1v) is 12.5. The summed E-state index contributed by atoms with van der Waals surface area (Å²) in [6, 6.07) is 16.4. The van der Waals surface area contributed by atoms with Crippen LogP contribution in [-0.2, 0) is 14.3 Å². The van der Waals surface area contributed by atoms with Crippen LogP contribution in [0.4, 0.5) is 4.79 Å². The number of carbonyl (C=O) groups is 3. The SMILES string of the molecule is C[C@@H]1CN(C(=O)C2(CNC(=O)OCC3c4ccccc4-c4ccccc43)CCC2)C[C@H]1CC(=O)O. The normalized spacial score (nSPS) is 22.1. The average molecular weight is 477 g/mol. The van der Waals surface area contributed by atoms with Crippen molar-refractivity contribution in [3.8, 4) is 11.1 Å². The smallest absolute Gasteiger partial charge is 0.407 e. The molecule has 5 rings (SSSR count). The van der Waals surface area contributed by atoms with Gasteiger partial charge in [0.1, 0.15) is 6.61 Å². The van der Waals surface area contributed by atoms with Gasteiger partial charge in [0, 0.05) is 25.6 Å². The quantitative estimate of drug-likeness (QED) is 0.622.